The second-order valence-electron chi connectivity index (χ2n) is 5.36. The fourth-order valence-electron chi connectivity index (χ4n) is 2.11. The van der Waals surface area contributed by atoms with Crippen LogP contribution in [0.2, 0.25) is 0 Å². The van der Waals surface area contributed by atoms with E-state index in [1.54, 1.807) is 0 Å². The van der Waals surface area contributed by atoms with Gasteiger partial charge in [0.15, 0.2) is 0 Å². The van der Waals surface area contributed by atoms with E-state index in [1.807, 2.05) is 13.8 Å². The highest BCUT2D eigenvalue weighted by Crippen LogP contribution is 2.29. The maximum atomic E-state index is 12.2. The molecule has 2 heterocycles. The van der Waals surface area contributed by atoms with Crippen LogP contribution in [0.15, 0.2) is 0 Å². The number of amides is 1. The molecular weight excluding hydrogens is 208 g/mol. The fraction of sp³-hybridized carbons (Fsp3) is 0.909. The van der Waals surface area contributed by atoms with E-state index in [-0.39, 0.29) is 17.5 Å². The van der Waals surface area contributed by atoms with Gasteiger partial charge in [-0.15, -0.1) is 0 Å². The van der Waals surface area contributed by atoms with E-state index in [9.17, 15) is 4.79 Å². The molecule has 16 heavy (non-hydrogen) atoms. The lowest BCUT2D eigenvalue weighted by Crippen LogP contribution is -2.56. The third-order valence-electron chi connectivity index (χ3n) is 3.67. The quantitative estimate of drug-likeness (QED) is 0.677. The molecule has 3 N–H and O–H groups in total. The molecule has 0 aromatic carbocycles. The summed E-state index contributed by atoms with van der Waals surface area (Å²) < 4.78 is 10.6. The van der Waals surface area contributed by atoms with Crippen LogP contribution in [0.5, 0.6) is 0 Å². The molecule has 2 rings (SSSR count). The Morgan fingerprint density at radius 1 is 1.38 bits per heavy atom. The van der Waals surface area contributed by atoms with Gasteiger partial charge in [-0.3, -0.25) is 4.79 Å². The lowest BCUT2D eigenvalue weighted by Gasteiger charge is -2.31. The van der Waals surface area contributed by atoms with Crippen molar-refractivity contribution in [1.29, 1.82) is 0 Å². The van der Waals surface area contributed by atoms with Gasteiger partial charge in [0.05, 0.1) is 30.8 Å². The molecule has 0 saturated carbocycles. The van der Waals surface area contributed by atoms with Gasteiger partial charge in [-0.1, -0.05) is 0 Å². The first kappa shape index (κ1) is 11.8. The fourth-order valence-corrected chi connectivity index (χ4v) is 2.11. The molecule has 2 aliphatic rings. The van der Waals surface area contributed by atoms with Crippen molar-refractivity contribution in [2.24, 2.45) is 11.1 Å². The summed E-state index contributed by atoms with van der Waals surface area (Å²) in [6.07, 6.45) is 0.852. The van der Waals surface area contributed by atoms with Crippen LogP contribution in [0.4, 0.5) is 0 Å². The van der Waals surface area contributed by atoms with Gasteiger partial charge in [0.2, 0.25) is 5.91 Å². The largest absolute Gasteiger partial charge is 0.379 e. The number of rotatable bonds is 2. The van der Waals surface area contributed by atoms with Crippen LogP contribution in [0, 0.1) is 5.41 Å². The predicted octanol–water partition coefficient (Wildman–Crippen LogP) is -0.355. The Bertz CT molecular complexity index is 289. The molecule has 0 bridgehead atoms. The molecule has 0 aromatic rings. The Morgan fingerprint density at radius 3 is 2.62 bits per heavy atom. The molecule has 3 atom stereocenters. The highest BCUT2D eigenvalue weighted by molar-refractivity contribution is 5.84. The number of nitrogens with one attached hydrogen (secondary N) is 1. The molecule has 3 unspecified atom stereocenters. The minimum absolute atomic E-state index is 0.0227. The van der Waals surface area contributed by atoms with Gasteiger partial charge < -0.3 is 20.5 Å². The topological polar surface area (TPSA) is 73.6 Å². The van der Waals surface area contributed by atoms with Crippen molar-refractivity contribution < 1.29 is 14.3 Å². The number of hydrogen-bond donors (Lipinski definition) is 2. The highest BCUT2D eigenvalue weighted by Gasteiger charge is 2.46. The number of ether oxygens (including phenoxy) is 2. The summed E-state index contributed by atoms with van der Waals surface area (Å²) in [6, 6.07) is -0.224. The molecule has 0 radical (unpaired) electrons. The number of hydrogen-bond acceptors (Lipinski definition) is 4. The molecular formula is C11H20N2O3. The first-order valence-corrected chi connectivity index (χ1v) is 5.70. The Labute approximate surface area is 95.7 Å². The van der Waals surface area contributed by atoms with Crippen LogP contribution < -0.4 is 11.1 Å². The van der Waals surface area contributed by atoms with E-state index in [2.05, 4.69) is 5.32 Å². The summed E-state index contributed by atoms with van der Waals surface area (Å²) in [5.41, 5.74) is 5.06. The van der Waals surface area contributed by atoms with E-state index in [0.717, 1.165) is 6.42 Å². The Morgan fingerprint density at radius 2 is 2.12 bits per heavy atom. The zero-order valence-electron chi connectivity index (χ0n) is 9.91. The summed E-state index contributed by atoms with van der Waals surface area (Å²) >= 11 is 0. The average molecular weight is 228 g/mol. The average Bonchev–Trinajstić information content (AvgIpc) is 2.76. The maximum absolute atomic E-state index is 12.2. The Hall–Kier alpha value is -0.650. The number of nitrogens with two attached hydrogens (primary N) is 1. The molecule has 0 aliphatic carbocycles. The number of carbonyl (C=O) groups excluding carboxylic acids is 1. The Balaban J connectivity index is 2.02. The summed E-state index contributed by atoms with van der Waals surface area (Å²) in [5, 5.41) is 3.04. The zero-order chi connectivity index (χ0) is 11.8. The first-order chi connectivity index (χ1) is 7.46. The lowest BCUT2D eigenvalue weighted by atomic mass is 9.83. The molecule has 92 valence electrons. The normalized spacial score (nSPS) is 43.6. The summed E-state index contributed by atoms with van der Waals surface area (Å²) in [7, 11) is 0. The molecule has 1 amide bonds. The van der Waals surface area contributed by atoms with Crippen LogP contribution in [0.25, 0.3) is 0 Å². The third kappa shape index (κ3) is 1.95. The van der Waals surface area contributed by atoms with Gasteiger partial charge in [0.1, 0.15) is 0 Å². The van der Waals surface area contributed by atoms with Crippen molar-refractivity contribution >= 4 is 5.91 Å². The van der Waals surface area contributed by atoms with Crippen LogP contribution in [0.3, 0.4) is 0 Å². The van der Waals surface area contributed by atoms with Crippen molar-refractivity contribution in [3.8, 4) is 0 Å². The minimum atomic E-state index is -0.606. The summed E-state index contributed by atoms with van der Waals surface area (Å²) in [5.74, 6) is -0.0227. The Kier molecular flexibility index (Phi) is 2.94. The van der Waals surface area contributed by atoms with E-state index in [0.29, 0.717) is 26.4 Å². The van der Waals surface area contributed by atoms with E-state index >= 15 is 0 Å². The van der Waals surface area contributed by atoms with Gasteiger partial charge in [0.25, 0.3) is 0 Å². The van der Waals surface area contributed by atoms with Gasteiger partial charge >= 0.3 is 0 Å². The van der Waals surface area contributed by atoms with Gasteiger partial charge in [0, 0.05) is 12.6 Å². The van der Waals surface area contributed by atoms with Crippen LogP contribution in [-0.2, 0) is 14.3 Å². The van der Waals surface area contributed by atoms with Gasteiger partial charge in [-0.25, -0.2) is 0 Å². The SMILES string of the molecule is CC1(NC(=O)C2(C)COCC2N)CCOC1. The van der Waals surface area contributed by atoms with E-state index in [1.165, 1.54) is 0 Å². The summed E-state index contributed by atoms with van der Waals surface area (Å²) in [6.45, 7) is 6.00. The smallest absolute Gasteiger partial charge is 0.230 e. The standard InChI is InChI=1S/C11H20N2O3/c1-10(3-4-15-6-10)13-9(14)11(2)7-16-5-8(11)12/h8H,3-7,12H2,1-2H3,(H,13,14). The van der Waals surface area contributed by atoms with Crippen molar-refractivity contribution in [3.05, 3.63) is 0 Å². The molecule has 5 heteroatoms. The molecule has 0 spiro atoms. The molecule has 5 nitrogen and oxygen atoms in total. The van der Waals surface area contributed by atoms with Gasteiger partial charge in [-0.2, -0.15) is 0 Å². The second-order valence-corrected chi connectivity index (χ2v) is 5.36. The molecule has 2 aliphatic heterocycles. The molecule has 2 saturated heterocycles. The monoisotopic (exact) mass is 228 g/mol. The number of carbonyl (C=O) groups is 1. The van der Waals surface area contributed by atoms with E-state index in [4.69, 9.17) is 15.2 Å². The third-order valence-corrected chi connectivity index (χ3v) is 3.67. The lowest BCUT2D eigenvalue weighted by molar-refractivity contribution is -0.132. The zero-order valence-corrected chi connectivity index (χ0v) is 9.91. The predicted molar refractivity (Wildman–Crippen MR) is 58.9 cm³/mol. The maximum Gasteiger partial charge on any atom is 0.230 e. The first-order valence-electron chi connectivity index (χ1n) is 5.70. The minimum Gasteiger partial charge on any atom is -0.379 e. The second kappa shape index (κ2) is 3.98. The van der Waals surface area contributed by atoms with Crippen molar-refractivity contribution in [3.63, 3.8) is 0 Å². The molecule has 2 fully saturated rings. The van der Waals surface area contributed by atoms with Crippen LogP contribution in [0.1, 0.15) is 20.3 Å². The highest BCUT2D eigenvalue weighted by atomic mass is 16.5. The molecule has 0 aromatic heterocycles. The van der Waals surface area contributed by atoms with Crippen molar-refractivity contribution in [1.82, 2.24) is 5.32 Å². The van der Waals surface area contributed by atoms with Gasteiger partial charge in [-0.05, 0) is 20.3 Å². The van der Waals surface area contributed by atoms with Crippen LogP contribution in [-0.4, -0.2) is 43.9 Å². The van der Waals surface area contributed by atoms with E-state index < -0.39 is 5.41 Å². The van der Waals surface area contributed by atoms with Crippen molar-refractivity contribution in [2.75, 3.05) is 26.4 Å². The van der Waals surface area contributed by atoms with Crippen molar-refractivity contribution in [2.45, 2.75) is 31.8 Å². The van der Waals surface area contributed by atoms with Crippen LogP contribution >= 0.6 is 0 Å². The summed E-state index contributed by atoms with van der Waals surface area (Å²) in [4.78, 5) is 12.2.